The monoisotopic (exact) mass is 752 g/mol. The van der Waals surface area contributed by atoms with Crippen LogP contribution in [0.3, 0.4) is 0 Å². The van der Waals surface area contributed by atoms with Gasteiger partial charge in [0.1, 0.15) is 36.6 Å². The first-order chi connectivity index (χ1) is 27.6. The summed E-state index contributed by atoms with van der Waals surface area (Å²) in [6, 6.07) is 45.9. The SMILES string of the molecule is [N-]=[N+]=N[C@@H](Cc1c([C@H]2O[C@@H](COCc3ccccc3)[C@H](OCc3ccccc3)[C@@H](OCc3ccccc3)[C@H]2OCc2ccccc2)[nH]c2ccccc12)C(=O)O. The number of carbonyl (C=O) groups is 1. The predicted octanol–water partition coefficient (Wildman–Crippen LogP) is 8.89. The molecule has 0 bridgehead atoms. The van der Waals surface area contributed by atoms with Gasteiger partial charge in [-0.25, -0.2) is 0 Å². The van der Waals surface area contributed by atoms with Crippen molar-refractivity contribution in [3.05, 3.63) is 190 Å². The Morgan fingerprint density at radius 2 is 1.16 bits per heavy atom. The van der Waals surface area contributed by atoms with Crippen molar-refractivity contribution in [2.45, 2.75) is 69.4 Å². The molecule has 1 fully saturated rings. The van der Waals surface area contributed by atoms with Gasteiger partial charge in [-0.2, -0.15) is 0 Å². The first kappa shape index (κ1) is 38.5. The number of carboxylic acid groups (broad SMARTS) is 1. The molecule has 11 nitrogen and oxygen atoms in total. The summed E-state index contributed by atoms with van der Waals surface area (Å²) in [5, 5.41) is 14.5. The van der Waals surface area contributed by atoms with Crippen molar-refractivity contribution in [3.8, 4) is 0 Å². The van der Waals surface area contributed by atoms with Crippen LogP contribution in [-0.2, 0) is 61.3 Å². The van der Waals surface area contributed by atoms with E-state index < -0.39 is 42.5 Å². The summed E-state index contributed by atoms with van der Waals surface area (Å²) in [5.74, 6) is -1.23. The van der Waals surface area contributed by atoms with Gasteiger partial charge in [-0.05, 0) is 45.8 Å². The van der Waals surface area contributed by atoms with Crippen molar-refractivity contribution in [2.24, 2.45) is 5.11 Å². The number of azide groups is 1. The Labute approximate surface area is 325 Å². The second-order valence-electron chi connectivity index (χ2n) is 13.7. The molecule has 6 aromatic rings. The molecule has 0 aliphatic carbocycles. The van der Waals surface area contributed by atoms with Crippen molar-refractivity contribution in [3.63, 3.8) is 0 Å². The van der Waals surface area contributed by atoms with Gasteiger partial charge in [-0.15, -0.1) is 0 Å². The molecule has 2 N–H and O–H groups in total. The van der Waals surface area contributed by atoms with E-state index in [4.69, 9.17) is 23.7 Å². The number of hydrogen-bond donors (Lipinski definition) is 2. The van der Waals surface area contributed by atoms with Crippen LogP contribution in [0.1, 0.15) is 39.6 Å². The van der Waals surface area contributed by atoms with Crippen molar-refractivity contribution in [1.82, 2.24) is 4.98 Å². The zero-order valence-electron chi connectivity index (χ0n) is 30.8. The van der Waals surface area contributed by atoms with Gasteiger partial charge < -0.3 is 33.8 Å². The molecule has 7 rings (SSSR count). The number of aromatic amines is 1. The lowest BCUT2D eigenvalue weighted by molar-refractivity contribution is -0.275. The molecule has 5 aromatic carbocycles. The van der Waals surface area contributed by atoms with Gasteiger partial charge >= 0.3 is 5.97 Å². The van der Waals surface area contributed by atoms with E-state index in [0.29, 0.717) is 17.9 Å². The summed E-state index contributed by atoms with van der Waals surface area (Å²) in [6.45, 7) is 1.31. The van der Waals surface area contributed by atoms with Crippen LogP contribution < -0.4 is 0 Å². The Morgan fingerprint density at radius 3 is 1.70 bits per heavy atom. The highest BCUT2D eigenvalue weighted by Crippen LogP contribution is 2.41. The maximum absolute atomic E-state index is 12.4. The third-order valence-electron chi connectivity index (χ3n) is 9.89. The first-order valence-corrected chi connectivity index (χ1v) is 18.7. The molecule has 1 aromatic heterocycles. The molecule has 0 saturated carbocycles. The van der Waals surface area contributed by atoms with Gasteiger partial charge in [0, 0.05) is 15.8 Å². The maximum Gasteiger partial charge on any atom is 0.312 e. The van der Waals surface area contributed by atoms with Crippen LogP contribution in [0.4, 0.5) is 0 Å². The number of para-hydroxylation sites is 1. The fourth-order valence-electron chi connectivity index (χ4n) is 7.14. The van der Waals surface area contributed by atoms with Crippen molar-refractivity contribution < 1.29 is 33.6 Å². The number of aliphatic carboxylic acids is 1. The quantitative estimate of drug-likeness (QED) is 0.0506. The molecule has 2 heterocycles. The molecule has 0 spiro atoms. The molecular weight excluding hydrogens is 709 g/mol. The largest absolute Gasteiger partial charge is 0.481 e. The highest BCUT2D eigenvalue weighted by atomic mass is 16.6. The van der Waals surface area contributed by atoms with E-state index in [-0.39, 0.29) is 32.8 Å². The van der Waals surface area contributed by atoms with Crippen molar-refractivity contribution >= 4 is 16.9 Å². The van der Waals surface area contributed by atoms with Crippen LogP contribution in [0.2, 0.25) is 0 Å². The van der Waals surface area contributed by atoms with E-state index >= 15 is 0 Å². The molecule has 1 saturated heterocycles. The van der Waals surface area contributed by atoms with E-state index in [9.17, 15) is 15.4 Å². The number of H-pyrrole nitrogens is 1. The Balaban J connectivity index is 1.33. The summed E-state index contributed by atoms with van der Waals surface area (Å²) in [7, 11) is 0. The highest BCUT2D eigenvalue weighted by Gasteiger charge is 2.50. The molecule has 0 unspecified atom stereocenters. The lowest BCUT2D eigenvalue weighted by Gasteiger charge is -2.46. The average molecular weight is 753 g/mol. The number of benzene rings is 5. The van der Waals surface area contributed by atoms with Gasteiger partial charge in [0.25, 0.3) is 0 Å². The summed E-state index contributed by atoms with van der Waals surface area (Å²) < 4.78 is 34.2. The fourth-order valence-corrected chi connectivity index (χ4v) is 7.14. The number of nitrogens with one attached hydrogen (secondary N) is 1. The highest BCUT2D eigenvalue weighted by molar-refractivity contribution is 5.86. The third kappa shape index (κ3) is 9.71. The molecule has 6 atom stereocenters. The van der Waals surface area contributed by atoms with Gasteiger partial charge in [0.2, 0.25) is 0 Å². The minimum Gasteiger partial charge on any atom is -0.481 e. The number of hydrogen-bond acceptors (Lipinski definition) is 7. The fraction of sp³-hybridized carbons (Fsp3) is 0.267. The number of nitrogens with zero attached hydrogens (tertiary/aromatic N) is 3. The third-order valence-corrected chi connectivity index (χ3v) is 9.89. The molecule has 0 radical (unpaired) electrons. The number of aromatic nitrogens is 1. The van der Waals surface area contributed by atoms with Crippen LogP contribution in [0, 0.1) is 0 Å². The number of ether oxygens (including phenoxy) is 5. The minimum atomic E-state index is -1.36. The summed E-state index contributed by atoms with van der Waals surface area (Å²) in [4.78, 5) is 18.8. The molecule has 286 valence electrons. The standard InChI is InChI=1S/C45H44N4O7/c46-49-48-38(45(50)51)25-36-35-23-13-14-24-37(35)47-40(36)42-44(55-29-34-21-11-4-12-22-34)43(54-28-33-19-9-3-10-20-33)41(53-27-32-17-7-2-8-18-32)39(56-42)30-52-26-31-15-5-1-6-16-31/h1-24,38-39,41-44,47H,25-30H2,(H,50,51)/t38-,39-,41-,42+,43+,44-/m0/s1. The molecule has 0 amide bonds. The smallest absolute Gasteiger partial charge is 0.312 e. The maximum atomic E-state index is 12.4. The van der Waals surface area contributed by atoms with E-state index in [1.54, 1.807) is 0 Å². The van der Waals surface area contributed by atoms with E-state index in [1.807, 2.05) is 146 Å². The predicted molar refractivity (Wildman–Crippen MR) is 211 cm³/mol. The van der Waals surface area contributed by atoms with E-state index in [0.717, 1.165) is 33.2 Å². The van der Waals surface area contributed by atoms with Crippen LogP contribution in [0.15, 0.2) is 151 Å². The minimum absolute atomic E-state index is 0.0807. The molecule has 1 aliphatic rings. The van der Waals surface area contributed by atoms with Gasteiger partial charge in [-0.1, -0.05) is 145 Å². The first-order valence-electron chi connectivity index (χ1n) is 18.7. The molecular formula is C45H44N4O7. The lowest BCUT2D eigenvalue weighted by Crippen LogP contribution is -2.58. The Hall–Kier alpha value is -5.78. The van der Waals surface area contributed by atoms with Crippen LogP contribution in [0.5, 0.6) is 0 Å². The summed E-state index contributed by atoms with van der Waals surface area (Å²) in [5.41, 5.74) is 15.3. The second-order valence-corrected chi connectivity index (χ2v) is 13.7. The molecule has 11 heteroatoms. The van der Waals surface area contributed by atoms with E-state index in [1.165, 1.54) is 0 Å². The lowest BCUT2D eigenvalue weighted by atomic mass is 9.89. The number of fused-ring (bicyclic) bond motifs is 1. The van der Waals surface area contributed by atoms with Crippen molar-refractivity contribution in [2.75, 3.05) is 6.61 Å². The Kier molecular flexibility index (Phi) is 13.2. The van der Waals surface area contributed by atoms with Gasteiger partial charge in [0.15, 0.2) is 0 Å². The number of carboxylic acids is 1. The zero-order valence-corrected chi connectivity index (χ0v) is 30.8. The Morgan fingerprint density at radius 1 is 0.679 bits per heavy atom. The zero-order chi connectivity index (χ0) is 38.5. The molecule has 56 heavy (non-hydrogen) atoms. The molecule has 1 aliphatic heterocycles. The topological polar surface area (TPSA) is 148 Å². The van der Waals surface area contributed by atoms with Gasteiger partial charge in [-0.3, -0.25) is 4.79 Å². The Bertz CT molecular complexity index is 2180. The summed E-state index contributed by atoms with van der Waals surface area (Å²) >= 11 is 0. The van der Waals surface area contributed by atoms with Crippen LogP contribution in [-0.4, -0.2) is 53.1 Å². The van der Waals surface area contributed by atoms with Crippen LogP contribution >= 0.6 is 0 Å². The normalized spacial score (nSPS) is 20.0. The van der Waals surface area contributed by atoms with E-state index in [2.05, 4.69) is 15.0 Å². The van der Waals surface area contributed by atoms with Crippen molar-refractivity contribution in [1.29, 1.82) is 0 Å². The van der Waals surface area contributed by atoms with Crippen LogP contribution in [0.25, 0.3) is 21.3 Å². The average Bonchev–Trinajstić information content (AvgIpc) is 3.60. The second kappa shape index (κ2) is 19.2. The number of rotatable bonds is 18. The summed E-state index contributed by atoms with van der Waals surface area (Å²) in [6.07, 6.45) is -3.67. The van der Waals surface area contributed by atoms with Gasteiger partial charge in [0.05, 0.1) is 38.7 Å².